The van der Waals surface area contributed by atoms with Crippen LogP contribution in [0.3, 0.4) is 0 Å². The van der Waals surface area contributed by atoms with Gasteiger partial charge in [-0.2, -0.15) is 0 Å². The van der Waals surface area contributed by atoms with Crippen molar-refractivity contribution in [1.29, 1.82) is 0 Å². The molecule has 3 heteroatoms. The summed E-state index contributed by atoms with van der Waals surface area (Å²) < 4.78 is 0. The Labute approximate surface area is 117 Å². The molecule has 0 aliphatic heterocycles. The second kappa shape index (κ2) is 6.74. The van der Waals surface area contributed by atoms with E-state index in [2.05, 4.69) is 19.2 Å². The Balaban J connectivity index is 1.80. The first-order valence-electron chi connectivity index (χ1n) is 8.13. The molecule has 0 bridgehead atoms. The van der Waals surface area contributed by atoms with Gasteiger partial charge in [-0.1, -0.05) is 39.5 Å². The average molecular weight is 266 g/mol. The van der Waals surface area contributed by atoms with Crippen LogP contribution >= 0.6 is 0 Å². The van der Waals surface area contributed by atoms with Crippen molar-refractivity contribution in [2.24, 2.45) is 23.5 Å². The van der Waals surface area contributed by atoms with E-state index in [9.17, 15) is 4.79 Å². The zero-order chi connectivity index (χ0) is 13.8. The van der Waals surface area contributed by atoms with Crippen molar-refractivity contribution >= 4 is 5.91 Å². The van der Waals surface area contributed by atoms with E-state index >= 15 is 0 Å². The summed E-state index contributed by atoms with van der Waals surface area (Å²) in [6, 6.07) is 0.623. The number of amides is 1. The third kappa shape index (κ3) is 3.95. The van der Waals surface area contributed by atoms with E-state index in [0.717, 1.165) is 25.2 Å². The van der Waals surface area contributed by atoms with Crippen LogP contribution in [0.5, 0.6) is 0 Å². The van der Waals surface area contributed by atoms with Crippen molar-refractivity contribution in [1.82, 2.24) is 5.32 Å². The Morgan fingerprint density at radius 1 is 1.11 bits per heavy atom. The maximum Gasteiger partial charge on any atom is 0.220 e. The largest absolute Gasteiger partial charge is 0.353 e. The van der Waals surface area contributed by atoms with E-state index in [0.29, 0.717) is 24.3 Å². The number of nitrogens with two attached hydrogens (primary N) is 1. The monoisotopic (exact) mass is 266 g/mol. The number of hydrogen-bond acceptors (Lipinski definition) is 2. The zero-order valence-electron chi connectivity index (χ0n) is 12.5. The summed E-state index contributed by atoms with van der Waals surface area (Å²) in [5, 5.41) is 3.27. The van der Waals surface area contributed by atoms with Gasteiger partial charge in [0.05, 0.1) is 0 Å². The van der Waals surface area contributed by atoms with Gasteiger partial charge in [-0.05, 0) is 37.0 Å². The fourth-order valence-electron chi connectivity index (χ4n) is 3.78. The van der Waals surface area contributed by atoms with Gasteiger partial charge in [-0.3, -0.25) is 4.79 Å². The Hall–Kier alpha value is -0.570. The zero-order valence-corrected chi connectivity index (χ0v) is 12.5. The topological polar surface area (TPSA) is 55.1 Å². The molecule has 0 saturated heterocycles. The van der Waals surface area contributed by atoms with E-state index in [1.54, 1.807) is 0 Å². The van der Waals surface area contributed by atoms with Gasteiger partial charge in [0, 0.05) is 18.5 Å². The van der Waals surface area contributed by atoms with Crippen LogP contribution in [-0.2, 0) is 4.79 Å². The van der Waals surface area contributed by atoms with Crippen molar-refractivity contribution < 1.29 is 4.79 Å². The van der Waals surface area contributed by atoms with Crippen molar-refractivity contribution in [3.8, 4) is 0 Å². The van der Waals surface area contributed by atoms with Crippen molar-refractivity contribution in [2.75, 3.05) is 0 Å². The van der Waals surface area contributed by atoms with Crippen LogP contribution < -0.4 is 11.1 Å². The molecule has 5 unspecified atom stereocenters. The van der Waals surface area contributed by atoms with Crippen LogP contribution in [0.4, 0.5) is 0 Å². The van der Waals surface area contributed by atoms with Crippen molar-refractivity contribution in [3.05, 3.63) is 0 Å². The van der Waals surface area contributed by atoms with Gasteiger partial charge in [0.15, 0.2) is 0 Å². The summed E-state index contributed by atoms with van der Waals surface area (Å²) in [5.41, 5.74) is 6.13. The molecule has 110 valence electrons. The third-order valence-corrected chi connectivity index (χ3v) is 5.47. The highest BCUT2D eigenvalue weighted by Crippen LogP contribution is 2.30. The SMILES string of the molecule is CC1CCCC(NC(=O)CC2CCCCC2N)C1C. The second-order valence-electron chi connectivity index (χ2n) is 6.85. The normalized spacial score (nSPS) is 39.8. The van der Waals surface area contributed by atoms with Crippen molar-refractivity contribution in [2.45, 2.75) is 77.3 Å². The van der Waals surface area contributed by atoms with Crippen LogP contribution in [0, 0.1) is 17.8 Å². The summed E-state index contributed by atoms with van der Waals surface area (Å²) in [6.07, 6.45) is 9.03. The first-order chi connectivity index (χ1) is 9.08. The van der Waals surface area contributed by atoms with Crippen LogP contribution in [0.25, 0.3) is 0 Å². The van der Waals surface area contributed by atoms with Crippen molar-refractivity contribution in [3.63, 3.8) is 0 Å². The lowest BCUT2D eigenvalue weighted by molar-refractivity contribution is -0.123. The molecule has 3 N–H and O–H groups in total. The fourth-order valence-corrected chi connectivity index (χ4v) is 3.78. The Bertz CT molecular complexity index is 305. The van der Waals surface area contributed by atoms with E-state index in [1.807, 2.05) is 0 Å². The molecule has 0 aromatic heterocycles. The molecule has 0 spiro atoms. The lowest BCUT2D eigenvalue weighted by Crippen LogP contribution is -2.45. The summed E-state index contributed by atoms with van der Waals surface area (Å²) in [6.45, 7) is 4.58. The molecule has 2 fully saturated rings. The Morgan fingerprint density at radius 2 is 1.84 bits per heavy atom. The molecule has 0 aromatic carbocycles. The van der Waals surface area contributed by atoms with Gasteiger partial charge >= 0.3 is 0 Å². The molecule has 0 heterocycles. The van der Waals surface area contributed by atoms with Gasteiger partial charge in [0.1, 0.15) is 0 Å². The van der Waals surface area contributed by atoms with Gasteiger partial charge < -0.3 is 11.1 Å². The van der Waals surface area contributed by atoms with Crippen LogP contribution in [-0.4, -0.2) is 18.0 Å². The molecule has 2 aliphatic carbocycles. The minimum Gasteiger partial charge on any atom is -0.353 e. The van der Waals surface area contributed by atoms with E-state index < -0.39 is 0 Å². The van der Waals surface area contributed by atoms with Gasteiger partial charge in [0.25, 0.3) is 0 Å². The highest BCUT2D eigenvalue weighted by Gasteiger charge is 2.30. The quantitative estimate of drug-likeness (QED) is 0.825. The lowest BCUT2D eigenvalue weighted by atomic mass is 9.77. The Kier molecular flexibility index (Phi) is 5.26. The van der Waals surface area contributed by atoms with Crippen LogP contribution in [0.2, 0.25) is 0 Å². The molecule has 19 heavy (non-hydrogen) atoms. The molecular formula is C16H30N2O. The summed E-state index contributed by atoms with van der Waals surface area (Å²) in [5.74, 6) is 1.98. The van der Waals surface area contributed by atoms with Gasteiger partial charge in [0.2, 0.25) is 5.91 Å². The minimum absolute atomic E-state index is 0.230. The van der Waals surface area contributed by atoms with E-state index in [1.165, 1.54) is 25.7 Å². The van der Waals surface area contributed by atoms with Gasteiger partial charge in [-0.25, -0.2) is 0 Å². The molecule has 3 nitrogen and oxygen atoms in total. The maximum absolute atomic E-state index is 12.2. The molecule has 0 aromatic rings. The smallest absolute Gasteiger partial charge is 0.220 e. The molecule has 0 radical (unpaired) electrons. The maximum atomic E-state index is 12.2. The highest BCUT2D eigenvalue weighted by atomic mass is 16.1. The number of nitrogens with one attached hydrogen (secondary N) is 1. The van der Waals surface area contributed by atoms with Crippen LogP contribution in [0.1, 0.15) is 65.2 Å². The molecule has 2 saturated carbocycles. The first-order valence-corrected chi connectivity index (χ1v) is 8.13. The number of rotatable bonds is 3. The average Bonchev–Trinajstić information content (AvgIpc) is 2.38. The summed E-state index contributed by atoms with van der Waals surface area (Å²) in [4.78, 5) is 12.2. The number of carbonyl (C=O) groups is 1. The highest BCUT2D eigenvalue weighted by molar-refractivity contribution is 5.76. The molecule has 5 atom stereocenters. The van der Waals surface area contributed by atoms with Crippen LogP contribution in [0.15, 0.2) is 0 Å². The standard InChI is InChI=1S/C16H30N2O/c1-11-6-5-9-15(12(11)2)18-16(19)10-13-7-3-4-8-14(13)17/h11-15H,3-10,17H2,1-2H3,(H,18,19). The lowest BCUT2D eigenvalue weighted by Gasteiger charge is -2.35. The molecule has 2 rings (SSSR count). The molecular weight excluding hydrogens is 236 g/mol. The van der Waals surface area contributed by atoms with E-state index in [4.69, 9.17) is 5.73 Å². The summed E-state index contributed by atoms with van der Waals surface area (Å²) in [7, 11) is 0. The molecule has 2 aliphatic rings. The second-order valence-corrected chi connectivity index (χ2v) is 6.85. The fraction of sp³-hybridized carbons (Fsp3) is 0.938. The number of hydrogen-bond donors (Lipinski definition) is 2. The minimum atomic E-state index is 0.230. The predicted octanol–water partition coefficient (Wildman–Crippen LogP) is 2.83. The Morgan fingerprint density at radius 3 is 2.58 bits per heavy atom. The number of carbonyl (C=O) groups excluding carboxylic acids is 1. The first kappa shape index (κ1) is 14.8. The summed E-state index contributed by atoms with van der Waals surface area (Å²) >= 11 is 0. The predicted molar refractivity (Wildman–Crippen MR) is 78.7 cm³/mol. The van der Waals surface area contributed by atoms with Gasteiger partial charge in [-0.15, -0.1) is 0 Å². The van der Waals surface area contributed by atoms with E-state index in [-0.39, 0.29) is 11.9 Å². The third-order valence-electron chi connectivity index (χ3n) is 5.47. The molecule has 1 amide bonds.